The molecule has 3 nitrogen and oxygen atoms in total. The fourth-order valence-electron chi connectivity index (χ4n) is 1.24. The molecule has 0 aliphatic heterocycles. The Bertz CT molecular complexity index is 497. The summed E-state index contributed by atoms with van der Waals surface area (Å²) < 4.78 is 0. The lowest BCUT2D eigenvalue weighted by molar-refractivity contribution is 1.33. The highest BCUT2D eigenvalue weighted by atomic mass is 35.5. The van der Waals surface area contributed by atoms with Gasteiger partial charge in [0, 0.05) is 0 Å². The number of benzene rings is 1. The van der Waals surface area contributed by atoms with Crippen molar-refractivity contribution in [1.82, 2.24) is 4.98 Å². The lowest BCUT2D eigenvalue weighted by atomic mass is 10.3. The molecule has 0 unspecified atom stereocenters. The predicted molar refractivity (Wildman–Crippen MR) is 68.4 cm³/mol. The van der Waals surface area contributed by atoms with Crippen molar-refractivity contribution < 1.29 is 0 Å². The molecule has 2 rings (SSSR count). The van der Waals surface area contributed by atoms with E-state index in [4.69, 9.17) is 28.9 Å². The van der Waals surface area contributed by atoms with Crippen LogP contribution in [0.2, 0.25) is 10.0 Å². The van der Waals surface area contributed by atoms with Gasteiger partial charge in [-0.15, -0.1) is 0 Å². The number of hydrogen-bond acceptors (Lipinski definition) is 3. The summed E-state index contributed by atoms with van der Waals surface area (Å²) in [5, 5.41) is 4.10. The Kier molecular flexibility index (Phi) is 3.17. The maximum absolute atomic E-state index is 6.03. The zero-order valence-electron chi connectivity index (χ0n) is 8.24. The average Bonchev–Trinajstić information content (AvgIpc) is 2.28. The van der Waals surface area contributed by atoms with E-state index in [2.05, 4.69) is 10.3 Å². The smallest absolute Gasteiger partial charge is 0.123 e. The first-order valence-electron chi connectivity index (χ1n) is 4.59. The van der Waals surface area contributed by atoms with Crippen molar-refractivity contribution in [1.29, 1.82) is 0 Å². The number of halogens is 2. The van der Waals surface area contributed by atoms with Crippen molar-refractivity contribution in [2.24, 2.45) is 0 Å². The van der Waals surface area contributed by atoms with E-state index in [1.807, 2.05) is 18.2 Å². The lowest BCUT2D eigenvalue weighted by Crippen LogP contribution is -1.94. The molecular weight excluding hydrogens is 245 g/mol. The van der Waals surface area contributed by atoms with Gasteiger partial charge < -0.3 is 11.1 Å². The van der Waals surface area contributed by atoms with E-state index < -0.39 is 0 Å². The summed E-state index contributed by atoms with van der Waals surface area (Å²) in [6.07, 6.45) is 1.63. The molecule has 5 heteroatoms. The maximum atomic E-state index is 6.03. The van der Waals surface area contributed by atoms with E-state index in [0.717, 1.165) is 11.4 Å². The highest BCUT2D eigenvalue weighted by molar-refractivity contribution is 6.43. The normalized spacial score (nSPS) is 10.1. The van der Waals surface area contributed by atoms with Crippen molar-refractivity contribution in [3.63, 3.8) is 0 Å². The standard InChI is InChI=1S/C11H9Cl2N3/c12-8-2-1-3-9(11(8)13)16-7-4-5-10(14)15-6-7/h1-6,16H,(H2,14,15). The zero-order valence-corrected chi connectivity index (χ0v) is 9.76. The molecule has 0 spiro atoms. The summed E-state index contributed by atoms with van der Waals surface area (Å²) in [5.74, 6) is 0.475. The summed E-state index contributed by atoms with van der Waals surface area (Å²) in [4.78, 5) is 3.97. The number of nitrogens with one attached hydrogen (secondary N) is 1. The van der Waals surface area contributed by atoms with Crippen molar-refractivity contribution in [2.45, 2.75) is 0 Å². The quantitative estimate of drug-likeness (QED) is 0.858. The highest BCUT2D eigenvalue weighted by Crippen LogP contribution is 2.31. The lowest BCUT2D eigenvalue weighted by Gasteiger charge is -2.08. The van der Waals surface area contributed by atoms with Crippen molar-refractivity contribution in [3.05, 3.63) is 46.6 Å². The number of aromatic nitrogens is 1. The Hall–Kier alpha value is -1.45. The molecule has 0 atom stereocenters. The van der Waals surface area contributed by atoms with Crippen LogP contribution in [-0.4, -0.2) is 4.98 Å². The number of hydrogen-bond donors (Lipinski definition) is 2. The molecule has 1 aromatic heterocycles. The molecule has 0 bridgehead atoms. The molecule has 0 amide bonds. The molecule has 2 aromatic rings. The number of rotatable bonds is 2. The SMILES string of the molecule is Nc1ccc(Nc2cccc(Cl)c2Cl)cn1. The van der Waals surface area contributed by atoms with Crippen LogP contribution in [0.4, 0.5) is 17.2 Å². The highest BCUT2D eigenvalue weighted by Gasteiger charge is 2.04. The van der Waals surface area contributed by atoms with Gasteiger partial charge in [0.1, 0.15) is 5.82 Å². The van der Waals surface area contributed by atoms with Gasteiger partial charge in [0.2, 0.25) is 0 Å². The first kappa shape index (κ1) is 11.0. The Morgan fingerprint density at radius 3 is 2.62 bits per heavy atom. The molecule has 0 radical (unpaired) electrons. The molecular formula is C11H9Cl2N3. The van der Waals surface area contributed by atoms with Gasteiger partial charge in [-0.1, -0.05) is 29.3 Å². The van der Waals surface area contributed by atoms with Crippen LogP contribution in [0.15, 0.2) is 36.5 Å². The third-order valence-electron chi connectivity index (χ3n) is 2.02. The number of nitrogen functional groups attached to an aromatic ring is 1. The van der Waals surface area contributed by atoms with E-state index in [0.29, 0.717) is 15.9 Å². The van der Waals surface area contributed by atoms with Gasteiger partial charge in [-0.3, -0.25) is 0 Å². The van der Waals surface area contributed by atoms with Crippen LogP contribution in [0, 0.1) is 0 Å². The molecule has 3 N–H and O–H groups in total. The van der Waals surface area contributed by atoms with E-state index in [1.165, 1.54) is 0 Å². The van der Waals surface area contributed by atoms with Crippen LogP contribution in [0.25, 0.3) is 0 Å². The zero-order chi connectivity index (χ0) is 11.5. The molecule has 82 valence electrons. The molecule has 0 fully saturated rings. The Morgan fingerprint density at radius 1 is 1.12 bits per heavy atom. The van der Waals surface area contributed by atoms with Crippen LogP contribution in [-0.2, 0) is 0 Å². The predicted octanol–water partition coefficient (Wildman–Crippen LogP) is 3.71. The summed E-state index contributed by atoms with van der Waals surface area (Å²) in [7, 11) is 0. The second kappa shape index (κ2) is 4.60. The van der Waals surface area contributed by atoms with Gasteiger partial charge in [-0.05, 0) is 24.3 Å². The monoisotopic (exact) mass is 253 g/mol. The minimum absolute atomic E-state index is 0.475. The third-order valence-corrected chi connectivity index (χ3v) is 2.84. The average molecular weight is 254 g/mol. The van der Waals surface area contributed by atoms with E-state index in [9.17, 15) is 0 Å². The fourth-order valence-corrected chi connectivity index (χ4v) is 1.58. The van der Waals surface area contributed by atoms with Gasteiger partial charge in [0.15, 0.2) is 0 Å². The van der Waals surface area contributed by atoms with Gasteiger partial charge >= 0.3 is 0 Å². The number of anilines is 3. The van der Waals surface area contributed by atoms with Crippen LogP contribution >= 0.6 is 23.2 Å². The van der Waals surface area contributed by atoms with Crippen LogP contribution < -0.4 is 11.1 Å². The Morgan fingerprint density at radius 2 is 1.94 bits per heavy atom. The van der Waals surface area contributed by atoms with E-state index in [1.54, 1.807) is 18.3 Å². The number of pyridine rings is 1. The third kappa shape index (κ3) is 2.38. The second-order valence-corrected chi connectivity index (χ2v) is 3.98. The molecule has 0 saturated heterocycles. The summed E-state index contributed by atoms with van der Waals surface area (Å²) >= 11 is 11.9. The summed E-state index contributed by atoms with van der Waals surface area (Å²) in [5.41, 5.74) is 7.03. The fraction of sp³-hybridized carbons (Fsp3) is 0. The molecule has 0 saturated carbocycles. The first-order chi connectivity index (χ1) is 7.66. The van der Waals surface area contributed by atoms with Gasteiger partial charge in [-0.25, -0.2) is 4.98 Å². The van der Waals surface area contributed by atoms with Gasteiger partial charge in [0.25, 0.3) is 0 Å². The summed E-state index contributed by atoms with van der Waals surface area (Å²) in [6.45, 7) is 0. The number of nitrogens with zero attached hydrogens (tertiary/aromatic N) is 1. The molecule has 1 heterocycles. The molecule has 0 aliphatic carbocycles. The molecule has 16 heavy (non-hydrogen) atoms. The van der Waals surface area contributed by atoms with Crippen molar-refractivity contribution >= 4 is 40.4 Å². The van der Waals surface area contributed by atoms with Gasteiger partial charge in [0.05, 0.1) is 27.6 Å². The second-order valence-electron chi connectivity index (χ2n) is 3.20. The van der Waals surface area contributed by atoms with E-state index >= 15 is 0 Å². The molecule has 0 aliphatic rings. The summed E-state index contributed by atoms with van der Waals surface area (Å²) in [6, 6.07) is 8.92. The van der Waals surface area contributed by atoms with Crippen LogP contribution in [0.1, 0.15) is 0 Å². The minimum Gasteiger partial charge on any atom is -0.384 e. The minimum atomic E-state index is 0.475. The van der Waals surface area contributed by atoms with Crippen LogP contribution in [0.5, 0.6) is 0 Å². The van der Waals surface area contributed by atoms with Gasteiger partial charge in [-0.2, -0.15) is 0 Å². The first-order valence-corrected chi connectivity index (χ1v) is 5.35. The Balaban J connectivity index is 2.27. The van der Waals surface area contributed by atoms with Crippen LogP contribution in [0.3, 0.4) is 0 Å². The number of nitrogens with two attached hydrogens (primary N) is 1. The van der Waals surface area contributed by atoms with Crippen molar-refractivity contribution in [3.8, 4) is 0 Å². The maximum Gasteiger partial charge on any atom is 0.123 e. The van der Waals surface area contributed by atoms with E-state index in [-0.39, 0.29) is 0 Å². The Labute approximate surface area is 103 Å². The van der Waals surface area contributed by atoms with Crippen molar-refractivity contribution in [2.75, 3.05) is 11.1 Å². The largest absolute Gasteiger partial charge is 0.384 e. The molecule has 1 aromatic carbocycles. The topological polar surface area (TPSA) is 50.9 Å².